The molecule has 1 aliphatic rings. The van der Waals surface area contributed by atoms with Gasteiger partial charge in [0.25, 0.3) is 5.91 Å². The predicted octanol–water partition coefficient (Wildman–Crippen LogP) is 3.60. The van der Waals surface area contributed by atoms with Crippen LogP contribution in [0.25, 0.3) is 11.3 Å². The van der Waals surface area contributed by atoms with Crippen LogP contribution in [0.1, 0.15) is 22.5 Å². The van der Waals surface area contributed by atoms with E-state index in [-0.39, 0.29) is 12.1 Å². The smallest absolute Gasteiger partial charge is 0.406 e. The molecule has 0 aliphatic carbocycles. The summed E-state index contributed by atoms with van der Waals surface area (Å²) >= 11 is 1.50. The van der Waals surface area contributed by atoms with E-state index in [1.807, 2.05) is 16.8 Å². The maximum Gasteiger partial charge on any atom is 0.406 e. The van der Waals surface area contributed by atoms with Gasteiger partial charge in [0, 0.05) is 24.0 Å². The normalized spacial score (nSPS) is 20.4. The number of aliphatic carboxylic acids is 1. The van der Waals surface area contributed by atoms with Crippen LogP contribution in [-0.2, 0) is 4.79 Å². The average molecular weight is 384 g/mol. The summed E-state index contributed by atoms with van der Waals surface area (Å²) < 4.78 is 39.8. The number of amides is 1. The van der Waals surface area contributed by atoms with Crippen molar-refractivity contribution in [1.82, 2.24) is 9.88 Å². The Morgan fingerprint density at radius 1 is 1.31 bits per heavy atom. The van der Waals surface area contributed by atoms with Crippen molar-refractivity contribution in [3.05, 3.63) is 40.2 Å². The average Bonchev–Trinajstić information content (AvgIpc) is 3.24. The van der Waals surface area contributed by atoms with Gasteiger partial charge in [-0.05, 0) is 36.9 Å². The molecular formula is C17H15F3N2O3S. The van der Waals surface area contributed by atoms with E-state index in [9.17, 15) is 22.8 Å². The zero-order chi connectivity index (χ0) is 19.1. The quantitative estimate of drug-likeness (QED) is 0.878. The summed E-state index contributed by atoms with van der Waals surface area (Å²) in [5, 5.41) is 12.9. The van der Waals surface area contributed by atoms with E-state index in [0.29, 0.717) is 11.4 Å². The van der Waals surface area contributed by atoms with Crippen molar-refractivity contribution in [3.63, 3.8) is 0 Å². The van der Waals surface area contributed by atoms with E-state index in [0.717, 1.165) is 10.5 Å². The second-order valence-corrected chi connectivity index (χ2v) is 6.98. The number of hydrogen-bond donors (Lipinski definition) is 1. The third kappa shape index (κ3) is 2.96. The number of carboxylic acids is 1. The molecule has 1 aliphatic heterocycles. The van der Waals surface area contributed by atoms with E-state index < -0.39 is 36.4 Å². The monoisotopic (exact) mass is 384 g/mol. The van der Waals surface area contributed by atoms with E-state index in [2.05, 4.69) is 4.98 Å². The molecular weight excluding hydrogens is 369 g/mol. The number of aromatic nitrogens is 1. The van der Waals surface area contributed by atoms with E-state index in [1.165, 1.54) is 17.4 Å². The summed E-state index contributed by atoms with van der Waals surface area (Å²) in [5.41, 5.74) is -0.802. The molecule has 0 aromatic carbocycles. The van der Waals surface area contributed by atoms with Crippen molar-refractivity contribution >= 4 is 23.2 Å². The van der Waals surface area contributed by atoms with E-state index in [4.69, 9.17) is 5.11 Å². The minimum atomic E-state index is -4.93. The number of nitrogens with zero attached hydrogens (tertiary/aromatic N) is 2. The Labute approximate surface area is 151 Å². The van der Waals surface area contributed by atoms with Gasteiger partial charge in [-0.25, -0.2) is 0 Å². The van der Waals surface area contributed by atoms with Gasteiger partial charge in [-0.2, -0.15) is 24.5 Å². The number of rotatable bonds is 3. The summed E-state index contributed by atoms with van der Waals surface area (Å²) in [6.07, 6.45) is -5.58. The minimum Gasteiger partial charge on any atom is -0.481 e. The van der Waals surface area contributed by atoms with Gasteiger partial charge in [0.05, 0.1) is 17.0 Å². The molecule has 0 bridgehead atoms. The maximum atomic E-state index is 13.3. The van der Waals surface area contributed by atoms with Gasteiger partial charge >= 0.3 is 12.1 Å². The topological polar surface area (TPSA) is 70.5 Å². The first-order valence-electron chi connectivity index (χ1n) is 7.75. The van der Waals surface area contributed by atoms with Gasteiger partial charge in [0.15, 0.2) is 5.41 Å². The number of likely N-dealkylation sites (tertiary alicyclic amines) is 1. The zero-order valence-electron chi connectivity index (χ0n) is 13.7. The lowest BCUT2D eigenvalue weighted by Crippen LogP contribution is -2.47. The van der Waals surface area contributed by atoms with Crippen LogP contribution in [0.15, 0.2) is 29.0 Å². The Morgan fingerprint density at radius 3 is 2.54 bits per heavy atom. The zero-order valence-corrected chi connectivity index (χ0v) is 14.5. The number of carbonyl (C=O) groups is 2. The lowest BCUT2D eigenvalue weighted by atomic mass is 9.86. The number of pyridine rings is 1. The molecule has 138 valence electrons. The van der Waals surface area contributed by atoms with Crippen molar-refractivity contribution in [2.45, 2.75) is 19.5 Å². The largest absolute Gasteiger partial charge is 0.481 e. The molecule has 5 nitrogen and oxygen atoms in total. The molecule has 26 heavy (non-hydrogen) atoms. The van der Waals surface area contributed by atoms with Crippen LogP contribution >= 0.6 is 11.3 Å². The molecule has 2 aromatic heterocycles. The number of aryl methyl sites for hydroxylation is 1. The van der Waals surface area contributed by atoms with E-state index >= 15 is 0 Å². The standard InChI is InChI=1S/C17H15F3N2O3S/c1-10-12(2-3-13(21-10)11-4-7-26-8-11)14(23)22-6-5-16(9-22,15(24)25)17(18,19)20/h2-4,7-8H,5-6,9H2,1H3,(H,24,25). The van der Waals surface area contributed by atoms with Crippen LogP contribution in [0.4, 0.5) is 13.2 Å². The Morgan fingerprint density at radius 2 is 2.04 bits per heavy atom. The summed E-state index contributed by atoms with van der Waals surface area (Å²) in [5.74, 6) is -2.60. The number of thiophene rings is 1. The Balaban J connectivity index is 1.86. The maximum absolute atomic E-state index is 13.3. The summed E-state index contributed by atoms with van der Waals surface area (Å²) in [6, 6.07) is 5.03. The van der Waals surface area contributed by atoms with Crippen molar-refractivity contribution < 1.29 is 27.9 Å². The summed E-state index contributed by atoms with van der Waals surface area (Å²) in [7, 11) is 0. The fraction of sp³-hybridized carbons (Fsp3) is 0.353. The van der Waals surface area contributed by atoms with Crippen LogP contribution in [-0.4, -0.2) is 46.1 Å². The molecule has 1 unspecified atom stereocenters. The van der Waals surface area contributed by atoms with Crippen LogP contribution in [0.3, 0.4) is 0 Å². The SMILES string of the molecule is Cc1nc(-c2ccsc2)ccc1C(=O)N1CCC(C(=O)O)(C(F)(F)F)C1. The fourth-order valence-electron chi connectivity index (χ4n) is 3.04. The van der Waals surface area contributed by atoms with Crippen LogP contribution in [0, 0.1) is 12.3 Å². The first kappa shape index (κ1) is 18.4. The molecule has 9 heteroatoms. The fourth-order valence-corrected chi connectivity index (χ4v) is 3.69. The van der Waals surface area contributed by atoms with Gasteiger partial charge in [-0.1, -0.05) is 0 Å². The number of carbonyl (C=O) groups excluding carboxylic acids is 1. The highest BCUT2D eigenvalue weighted by Crippen LogP contribution is 2.46. The highest BCUT2D eigenvalue weighted by molar-refractivity contribution is 7.08. The van der Waals surface area contributed by atoms with Crippen LogP contribution in [0.2, 0.25) is 0 Å². The van der Waals surface area contributed by atoms with Gasteiger partial charge in [-0.15, -0.1) is 0 Å². The Bertz CT molecular complexity index is 851. The molecule has 1 amide bonds. The molecule has 1 fully saturated rings. The van der Waals surface area contributed by atoms with Crippen molar-refractivity contribution in [1.29, 1.82) is 0 Å². The summed E-state index contributed by atoms with van der Waals surface area (Å²) in [4.78, 5) is 29.2. The van der Waals surface area contributed by atoms with Gasteiger partial charge in [0.1, 0.15) is 0 Å². The molecule has 3 rings (SSSR count). The molecule has 0 radical (unpaired) electrons. The number of carboxylic acid groups (broad SMARTS) is 1. The Hall–Kier alpha value is -2.42. The molecule has 0 saturated carbocycles. The van der Waals surface area contributed by atoms with Gasteiger partial charge in [0.2, 0.25) is 0 Å². The second-order valence-electron chi connectivity index (χ2n) is 6.20. The lowest BCUT2D eigenvalue weighted by molar-refractivity contribution is -0.227. The lowest BCUT2D eigenvalue weighted by Gasteiger charge is -2.27. The minimum absolute atomic E-state index is 0.173. The predicted molar refractivity (Wildman–Crippen MR) is 88.9 cm³/mol. The third-order valence-electron chi connectivity index (χ3n) is 4.64. The first-order valence-corrected chi connectivity index (χ1v) is 8.69. The third-order valence-corrected chi connectivity index (χ3v) is 5.32. The van der Waals surface area contributed by atoms with Gasteiger partial charge < -0.3 is 10.0 Å². The molecule has 1 atom stereocenters. The molecule has 2 aromatic rings. The van der Waals surface area contributed by atoms with Crippen molar-refractivity contribution in [3.8, 4) is 11.3 Å². The highest BCUT2D eigenvalue weighted by atomic mass is 32.1. The number of alkyl halides is 3. The van der Waals surface area contributed by atoms with Crippen LogP contribution in [0.5, 0.6) is 0 Å². The molecule has 0 spiro atoms. The summed E-state index contributed by atoms with van der Waals surface area (Å²) in [6.45, 7) is 0.445. The number of halogens is 3. The number of hydrogen-bond acceptors (Lipinski definition) is 4. The molecule has 1 saturated heterocycles. The second kappa shape index (κ2) is 6.39. The van der Waals surface area contributed by atoms with Crippen molar-refractivity contribution in [2.75, 3.05) is 13.1 Å². The van der Waals surface area contributed by atoms with Gasteiger partial charge in [-0.3, -0.25) is 14.6 Å². The molecule has 1 N–H and O–H groups in total. The molecule has 3 heterocycles. The first-order chi connectivity index (χ1) is 12.2. The van der Waals surface area contributed by atoms with Crippen LogP contribution < -0.4 is 0 Å². The Kier molecular flexibility index (Phi) is 4.51. The van der Waals surface area contributed by atoms with E-state index in [1.54, 1.807) is 13.0 Å². The van der Waals surface area contributed by atoms with Crippen molar-refractivity contribution in [2.24, 2.45) is 5.41 Å². The highest BCUT2D eigenvalue weighted by Gasteiger charge is 2.64.